The number of aryl methyl sites for hydroxylation is 1. The molecule has 0 saturated carbocycles. The second-order valence-electron chi connectivity index (χ2n) is 7.76. The molecule has 29 heavy (non-hydrogen) atoms. The van der Waals surface area contributed by atoms with Crippen molar-refractivity contribution in [3.8, 4) is 0 Å². The summed E-state index contributed by atoms with van der Waals surface area (Å²) in [4.78, 5) is 28.6. The highest BCUT2D eigenvalue weighted by molar-refractivity contribution is 5.90. The van der Waals surface area contributed by atoms with Crippen LogP contribution in [0, 0.1) is 6.92 Å². The summed E-state index contributed by atoms with van der Waals surface area (Å²) in [5.41, 5.74) is 3.63. The first kappa shape index (κ1) is 20.9. The third-order valence-corrected chi connectivity index (χ3v) is 5.40. The first-order valence-corrected chi connectivity index (χ1v) is 9.93. The molecule has 0 unspecified atom stereocenters. The first-order chi connectivity index (χ1) is 13.9. The zero-order valence-electron chi connectivity index (χ0n) is 17.5. The Bertz CT molecular complexity index is 854. The summed E-state index contributed by atoms with van der Waals surface area (Å²) in [7, 11) is 1.38. The molecule has 154 valence electrons. The van der Waals surface area contributed by atoms with Crippen LogP contribution < -0.4 is 5.32 Å². The number of rotatable bonds is 4. The van der Waals surface area contributed by atoms with E-state index in [2.05, 4.69) is 24.1 Å². The normalized spacial score (nSPS) is 19.7. The summed E-state index contributed by atoms with van der Waals surface area (Å²) in [6.07, 6.45) is 0. The Morgan fingerprint density at radius 3 is 2.31 bits per heavy atom. The van der Waals surface area contributed by atoms with Crippen molar-refractivity contribution in [1.82, 2.24) is 9.80 Å². The zero-order chi connectivity index (χ0) is 21.0. The number of piperazine rings is 1. The number of ether oxygens (including phenoxy) is 1. The predicted octanol–water partition coefficient (Wildman–Crippen LogP) is 3.91. The fourth-order valence-electron chi connectivity index (χ4n) is 3.83. The van der Waals surface area contributed by atoms with Gasteiger partial charge in [0, 0.05) is 37.4 Å². The molecule has 6 heteroatoms. The summed E-state index contributed by atoms with van der Waals surface area (Å²) in [5, 5.41) is 3.01. The van der Waals surface area contributed by atoms with Crippen LogP contribution in [0.2, 0.25) is 0 Å². The van der Waals surface area contributed by atoms with Gasteiger partial charge in [-0.1, -0.05) is 24.3 Å². The van der Waals surface area contributed by atoms with Crippen molar-refractivity contribution in [2.75, 3.05) is 25.5 Å². The van der Waals surface area contributed by atoms with E-state index in [4.69, 9.17) is 4.74 Å². The number of nitrogens with one attached hydrogen (secondary N) is 1. The van der Waals surface area contributed by atoms with Crippen LogP contribution in [0.25, 0.3) is 0 Å². The van der Waals surface area contributed by atoms with Crippen molar-refractivity contribution in [1.29, 1.82) is 0 Å². The maximum Gasteiger partial charge on any atom is 0.337 e. The van der Waals surface area contributed by atoms with Crippen LogP contribution in [0.15, 0.2) is 48.5 Å². The van der Waals surface area contributed by atoms with E-state index in [-0.39, 0.29) is 24.1 Å². The highest BCUT2D eigenvalue weighted by Gasteiger charge is 2.31. The Labute approximate surface area is 172 Å². The van der Waals surface area contributed by atoms with E-state index in [0.29, 0.717) is 18.7 Å². The molecule has 0 bridgehead atoms. The van der Waals surface area contributed by atoms with E-state index in [1.54, 1.807) is 12.1 Å². The topological polar surface area (TPSA) is 61.9 Å². The Morgan fingerprint density at radius 2 is 1.72 bits per heavy atom. The Morgan fingerprint density at radius 1 is 1.07 bits per heavy atom. The molecule has 0 radical (unpaired) electrons. The number of hydrogen-bond acceptors (Lipinski definition) is 4. The number of carbonyl (C=O) groups excluding carboxylic acids is 2. The molecule has 2 aromatic rings. The van der Waals surface area contributed by atoms with Gasteiger partial charge in [0.2, 0.25) is 0 Å². The van der Waals surface area contributed by atoms with Gasteiger partial charge in [-0.2, -0.15) is 0 Å². The van der Waals surface area contributed by atoms with Crippen molar-refractivity contribution in [2.24, 2.45) is 0 Å². The molecule has 1 N–H and O–H groups in total. The average molecular weight is 396 g/mol. The van der Waals surface area contributed by atoms with Crippen LogP contribution in [-0.2, 0) is 11.3 Å². The van der Waals surface area contributed by atoms with Gasteiger partial charge in [-0.3, -0.25) is 4.90 Å². The molecule has 1 aliphatic heterocycles. The average Bonchev–Trinajstić information content (AvgIpc) is 2.70. The molecule has 2 atom stereocenters. The standard InChI is InChI=1S/C23H29N3O3/c1-16-6-5-7-21(12-16)24-23(28)25-13-17(2)26(18(3)14-25)15-19-8-10-20(11-9-19)22(27)29-4/h5-12,17-18H,13-15H2,1-4H3,(H,24,28)/t17-,18+. The lowest BCUT2D eigenvalue weighted by atomic mass is 10.1. The van der Waals surface area contributed by atoms with Crippen molar-refractivity contribution in [2.45, 2.75) is 39.4 Å². The largest absolute Gasteiger partial charge is 0.465 e. The minimum Gasteiger partial charge on any atom is -0.465 e. The van der Waals surface area contributed by atoms with Crippen LogP contribution in [0.5, 0.6) is 0 Å². The maximum absolute atomic E-state index is 12.7. The van der Waals surface area contributed by atoms with E-state index in [1.165, 1.54) is 7.11 Å². The van der Waals surface area contributed by atoms with E-state index in [9.17, 15) is 9.59 Å². The molecule has 2 amide bonds. The summed E-state index contributed by atoms with van der Waals surface area (Å²) in [5.74, 6) is -0.327. The molecule has 1 aliphatic rings. The van der Waals surface area contributed by atoms with Gasteiger partial charge in [0.1, 0.15) is 0 Å². The summed E-state index contributed by atoms with van der Waals surface area (Å²) >= 11 is 0. The van der Waals surface area contributed by atoms with Crippen molar-refractivity contribution in [3.63, 3.8) is 0 Å². The predicted molar refractivity (Wildman–Crippen MR) is 114 cm³/mol. The van der Waals surface area contributed by atoms with Crippen LogP contribution in [0.4, 0.5) is 10.5 Å². The SMILES string of the molecule is COC(=O)c1ccc(CN2[C@H](C)CN(C(=O)Nc3cccc(C)c3)C[C@@H]2C)cc1. The van der Waals surface area contributed by atoms with E-state index in [0.717, 1.165) is 23.4 Å². The van der Waals surface area contributed by atoms with Crippen LogP contribution in [0.1, 0.15) is 35.3 Å². The number of benzene rings is 2. The Kier molecular flexibility index (Phi) is 6.54. The van der Waals surface area contributed by atoms with Crippen molar-refractivity contribution < 1.29 is 14.3 Å². The minimum absolute atomic E-state index is 0.0589. The highest BCUT2D eigenvalue weighted by Crippen LogP contribution is 2.21. The molecular formula is C23H29N3O3. The van der Waals surface area contributed by atoms with Crippen LogP contribution in [0.3, 0.4) is 0 Å². The lowest BCUT2D eigenvalue weighted by Gasteiger charge is -2.44. The van der Waals surface area contributed by atoms with Crippen molar-refractivity contribution in [3.05, 3.63) is 65.2 Å². The molecule has 0 spiro atoms. The molecule has 1 heterocycles. The maximum atomic E-state index is 12.7. The van der Waals surface area contributed by atoms with Crippen LogP contribution in [-0.4, -0.2) is 54.1 Å². The Balaban J connectivity index is 1.60. The lowest BCUT2D eigenvalue weighted by molar-refractivity contribution is 0.0525. The van der Waals surface area contributed by atoms with Gasteiger partial charge in [0.15, 0.2) is 0 Å². The molecule has 3 rings (SSSR count). The number of amides is 2. The second-order valence-corrected chi connectivity index (χ2v) is 7.76. The van der Waals surface area contributed by atoms with Gasteiger partial charge in [-0.05, 0) is 56.2 Å². The molecular weight excluding hydrogens is 366 g/mol. The molecule has 1 fully saturated rings. The molecule has 0 aliphatic carbocycles. The summed E-state index contributed by atoms with van der Waals surface area (Å²) in [6.45, 7) is 8.41. The number of nitrogens with zero attached hydrogens (tertiary/aromatic N) is 2. The third-order valence-electron chi connectivity index (χ3n) is 5.40. The molecule has 6 nitrogen and oxygen atoms in total. The fourth-order valence-corrected chi connectivity index (χ4v) is 3.83. The van der Waals surface area contributed by atoms with Gasteiger partial charge in [0.25, 0.3) is 0 Å². The number of methoxy groups -OCH3 is 1. The number of anilines is 1. The first-order valence-electron chi connectivity index (χ1n) is 9.93. The number of carbonyl (C=O) groups is 2. The van der Waals surface area contributed by atoms with E-state index in [1.807, 2.05) is 48.2 Å². The lowest BCUT2D eigenvalue weighted by Crippen LogP contribution is -2.58. The zero-order valence-corrected chi connectivity index (χ0v) is 17.5. The number of hydrogen-bond donors (Lipinski definition) is 1. The van der Waals surface area contributed by atoms with Crippen LogP contribution >= 0.6 is 0 Å². The van der Waals surface area contributed by atoms with E-state index < -0.39 is 0 Å². The van der Waals surface area contributed by atoms with Gasteiger partial charge in [-0.25, -0.2) is 9.59 Å². The molecule has 1 saturated heterocycles. The van der Waals surface area contributed by atoms with Gasteiger partial charge >= 0.3 is 12.0 Å². The van der Waals surface area contributed by atoms with Gasteiger partial charge in [0.05, 0.1) is 12.7 Å². The summed E-state index contributed by atoms with van der Waals surface area (Å²) < 4.78 is 4.75. The van der Waals surface area contributed by atoms with Crippen molar-refractivity contribution >= 4 is 17.7 Å². The third kappa shape index (κ3) is 5.15. The Hall–Kier alpha value is -2.86. The quantitative estimate of drug-likeness (QED) is 0.798. The molecule has 0 aromatic heterocycles. The monoisotopic (exact) mass is 395 g/mol. The van der Waals surface area contributed by atoms with E-state index >= 15 is 0 Å². The second kappa shape index (κ2) is 9.09. The van der Waals surface area contributed by atoms with Gasteiger partial charge in [-0.15, -0.1) is 0 Å². The number of urea groups is 1. The molecule has 2 aromatic carbocycles. The summed E-state index contributed by atoms with van der Waals surface area (Å²) in [6, 6.07) is 15.7. The highest BCUT2D eigenvalue weighted by atomic mass is 16.5. The van der Waals surface area contributed by atoms with Gasteiger partial charge < -0.3 is 15.0 Å². The smallest absolute Gasteiger partial charge is 0.337 e. The fraction of sp³-hybridized carbons (Fsp3) is 0.391. The minimum atomic E-state index is -0.327. The number of esters is 1.